The molecule has 2 aromatic heterocycles. The van der Waals surface area contributed by atoms with Crippen molar-refractivity contribution in [1.82, 2.24) is 20.5 Å². The van der Waals surface area contributed by atoms with Crippen LogP contribution < -0.4 is 10.6 Å². The molecule has 6 nitrogen and oxygen atoms in total. The van der Waals surface area contributed by atoms with Gasteiger partial charge in [-0.25, -0.2) is 9.37 Å². The van der Waals surface area contributed by atoms with Gasteiger partial charge in [-0.1, -0.05) is 6.92 Å². The molecule has 33 heavy (non-hydrogen) atoms. The van der Waals surface area contributed by atoms with Crippen LogP contribution in [0.1, 0.15) is 61.3 Å². The number of carbonyl (C=O) groups is 1. The first-order valence-electron chi connectivity index (χ1n) is 10.9. The van der Waals surface area contributed by atoms with Crippen LogP contribution in [-0.2, 0) is 12.6 Å². The average molecular weight is 463 g/mol. The van der Waals surface area contributed by atoms with Crippen LogP contribution >= 0.6 is 0 Å². The van der Waals surface area contributed by atoms with Crippen LogP contribution in [0.3, 0.4) is 0 Å². The third-order valence-electron chi connectivity index (χ3n) is 6.11. The molecule has 0 unspecified atom stereocenters. The lowest BCUT2D eigenvalue weighted by Crippen LogP contribution is -2.51. The molecule has 10 heteroatoms. The van der Waals surface area contributed by atoms with Crippen molar-refractivity contribution in [1.29, 1.82) is 0 Å². The van der Waals surface area contributed by atoms with Crippen LogP contribution in [-0.4, -0.2) is 32.7 Å². The van der Waals surface area contributed by atoms with Crippen LogP contribution in [0.4, 0.5) is 23.2 Å². The number of halogens is 4. The Bertz CT molecular complexity index is 1180. The number of fused-ring (bicyclic) bond motifs is 1. The molecule has 1 fully saturated rings. The monoisotopic (exact) mass is 463 g/mol. The second kappa shape index (κ2) is 8.64. The summed E-state index contributed by atoms with van der Waals surface area (Å²) in [5, 5.41) is 13.3. The number of aromatic nitrogens is 3. The average Bonchev–Trinajstić information content (AvgIpc) is 3.22. The minimum atomic E-state index is -4.63. The summed E-state index contributed by atoms with van der Waals surface area (Å²) in [6.07, 6.45) is 0.249. The Balaban J connectivity index is 1.58. The summed E-state index contributed by atoms with van der Waals surface area (Å²) in [7, 11) is 0. The van der Waals surface area contributed by atoms with Gasteiger partial charge in [0.1, 0.15) is 11.5 Å². The van der Waals surface area contributed by atoms with Crippen molar-refractivity contribution < 1.29 is 22.4 Å². The second-order valence-electron chi connectivity index (χ2n) is 8.77. The number of nitrogens with one attached hydrogen (secondary N) is 3. The normalized spacial score (nSPS) is 21.2. The van der Waals surface area contributed by atoms with Crippen molar-refractivity contribution in [2.45, 2.75) is 63.7 Å². The van der Waals surface area contributed by atoms with Gasteiger partial charge in [-0.15, -0.1) is 0 Å². The van der Waals surface area contributed by atoms with Gasteiger partial charge in [0.15, 0.2) is 0 Å². The zero-order valence-corrected chi connectivity index (χ0v) is 18.3. The first-order chi connectivity index (χ1) is 15.6. The standard InChI is InChI=1S/C23H25F4N5O/c1-3-17-16(12-28-32-17)21(33)31-22(2)8-4-5-14(11-22)29-19-10-20(23(25,26)27)30-18-7-6-13(24)9-15(18)19/h6-7,9-10,12,14H,3-5,8,11H2,1-2H3,(H,28,32)(H,29,30)(H,31,33)/t14-,22+/m0/s1. The fourth-order valence-corrected chi connectivity index (χ4v) is 4.53. The largest absolute Gasteiger partial charge is 0.433 e. The highest BCUT2D eigenvalue weighted by Crippen LogP contribution is 2.36. The molecule has 1 aromatic carbocycles. The summed E-state index contributed by atoms with van der Waals surface area (Å²) in [6.45, 7) is 3.84. The molecule has 0 spiro atoms. The molecule has 0 bridgehead atoms. The molecule has 4 rings (SSSR count). The van der Waals surface area contributed by atoms with Gasteiger partial charge < -0.3 is 10.6 Å². The molecule has 3 N–H and O–H groups in total. The predicted molar refractivity (Wildman–Crippen MR) is 116 cm³/mol. The van der Waals surface area contributed by atoms with Crippen LogP contribution in [0, 0.1) is 5.82 Å². The maximum absolute atomic E-state index is 13.9. The Morgan fingerprint density at radius 2 is 2.09 bits per heavy atom. The third kappa shape index (κ3) is 4.94. The number of H-pyrrole nitrogens is 1. The molecule has 2 heterocycles. The van der Waals surface area contributed by atoms with Gasteiger partial charge in [-0.2, -0.15) is 18.3 Å². The van der Waals surface area contributed by atoms with Crippen LogP contribution in [0.5, 0.6) is 0 Å². The minimum Gasteiger partial charge on any atom is -0.382 e. The summed E-state index contributed by atoms with van der Waals surface area (Å²) in [5.41, 5.74) is -0.201. The number of hydrogen-bond donors (Lipinski definition) is 3. The number of nitrogens with zero attached hydrogens (tertiary/aromatic N) is 2. The molecule has 2 atom stereocenters. The molecule has 1 amide bonds. The molecular weight excluding hydrogens is 438 g/mol. The molecule has 0 aliphatic heterocycles. The maximum atomic E-state index is 13.9. The van der Waals surface area contributed by atoms with Gasteiger partial charge in [-0.05, 0) is 63.3 Å². The minimum absolute atomic E-state index is 0.0626. The summed E-state index contributed by atoms with van der Waals surface area (Å²) in [6, 6.07) is 4.22. The summed E-state index contributed by atoms with van der Waals surface area (Å²) in [4.78, 5) is 16.5. The first-order valence-corrected chi connectivity index (χ1v) is 10.9. The number of alkyl halides is 3. The van der Waals surface area contributed by atoms with E-state index in [-0.39, 0.29) is 28.5 Å². The van der Waals surface area contributed by atoms with Crippen molar-refractivity contribution in [3.8, 4) is 0 Å². The third-order valence-corrected chi connectivity index (χ3v) is 6.11. The highest BCUT2D eigenvalue weighted by Gasteiger charge is 2.36. The van der Waals surface area contributed by atoms with Gasteiger partial charge in [0.25, 0.3) is 5.91 Å². The van der Waals surface area contributed by atoms with E-state index in [2.05, 4.69) is 25.8 Å². The number of benzene rings is 1. The van der Waals surface area contributed by atoms with Gasteiger partial charge >= 0.3 is 6.18 Å². The van der Waals surface area contributed by atoms with Crippen LogP contribution in [0.2, 0.25) is 0 Å². The fourth-order valence-electron chi connectivity index (χ4n) is 4.53. The Morgan fingerprint density at radius 3 is 2.82 bits per heavy atom. The number of hydrogen-bond acceptors (Lipinski definition) is 4. The molecule has 1 aliphatic carbocycles. The highest BCUT2D eigenvalue weighted by molar-refractivity contribution is 5.95. The fraction of sp³-hybridized carbons (Fsp3) is 0.435. The van der Waals surface area contributed by atoms with E-state index in [1.165, 1.54) is 12.1 Å². The number of aromatic amines is 1. The van der Waals surface area contributed by atoms with E-state index in [4.69, 9.17) is 0 Å². The zero-order chi connectivity index (χ0) is 23.8. The van der Waals surface area contributed by atoms with E-state index in [1.807, 2.05) is 13.8 Å². The first kappa shape index (κ1) is 23.0. The summed E-state index contributed by atoms with van der Waals surface area (Å²) >= 11 is 0. The number of amides is 1. The molecule has 1 saturated carbocycles. The molecule has 0 radical (unpaired) electrons. The van der Waals surface area contributed by atoms with Crippen LogP contribution in [0.25, 0.3) is 10.9 Å². The lowest BCUT2D eigenvalue weighted by atomic mass is 9.80. The van der Waals surface area contributed by atoms with E-state index in [0.717, 1.165) is 25.0 Å². The quantitative estimate of drug-likeness (QED) is 0.453. The Morgan fingerprint density at radius 1 is 1.30 bits per heavy atom. The summed E-state index contributed by atoms with van der Waals surface area (Å²) in [5.74, 6) is -0.792. The van der Waals surface area contributed by atoms with Gasteiger partial charge in [0.2, 0.25) is 0 Å². The zero-order valence-electron chi connectivity index (χ0n) is 18.3. The number of rotatable bonds is 5. The molecule has 1 aliphatic rings. The molecule has 3 aromatic rings. The lowest BCUT2D eigenvalue weighted by molar-refractivity contribution is -0.140. The maximum Gasteiger partial charge on any atom is 0.433 e. The Kier molecular flexibility index (Phi) is 6.02. The van der Waals surface area contributed by atoms with E-state index >= 15 is 0 Å². The van der Waals surface area contributed by atoms with Gasteiger partial charge in [-0.3, -0.25) is 9.89 Å². The number of carbonyl (C=O) groups excluding carboxylic acids is 1. The highest BCUT2D eigenvalue weighted by atomic mass is 19.4. The molecular formula is C23H25F4N5O. The van der Waals surface area contributed by atoms with E-state index in [1.54, 1.807) is 6.20 Å². The molecule has 176 valence electrons. The van der Waals surface area contributed by atoms with Gasteiger partial charge in [0.05, 0.1) is 16.8 Å². The number of pyridine rings is 1. The SMILES string of the molecule is CCc1n[nH]cc1C(=O)N[C@]1(C)CCC[C@H](Nc2cc(C(F)(F)F)nc3ccc(F)cc23)C1. The van der Waals surface area contributed by atoms with Gasteiger partial charge in [0, 0.05) is 28.9 Å². The van der Waals surface area contributed by atoms with Crippen molar-refractivity contribution in [2.24, 2.45) is 0 Å². The lowest BCUT2D eigenvalue weighted by Gasteiger charge is -2.39. The summed E-state index contributed by atoms with van der Waals surface area (Å²) < 4.78 is 54.1. The van der Waals surface area contributed by atoms with E-state index < -0.39 is 23.2 Å². The van der Waals surface area contributed by atoms with Crippen molar-refractivity contribution in [3.05, 3.63) is 53.2 Å². The van der Waals surface area contributed by atoms with E-state index in [0.29, 0.717) is 30.5 Å². The number of anilines is 1. The van der Waals surface area contributed by atoms with Crippen LogP contribution in [0.15, 0.2) is 30.5 Å². The smallest absolute Gasteiger partial charge is 0.382 e. The van der Waals surface area contributed by atoms with Crippen molar-refractivity contribution in [2.75, 3.05) is 5.32 Å². The molecule has 0 saturated heterocycles. The Hall–Kier alpha value is -3.17. The predicted octanol–water partition coefficient (Wildman–Crippen LogP) is 5.22. The van der Waals surface area contributed by atoms with E-state index in [9.17, 15) is 22.4 Å². The van der Waals surface area contributed by atoms with Crippen molar-refractivity contribution >= 4 is 22.5 Å². The number of aryl methyl sites for hydroxylation is 1. The van der Waals surface area contributed by atoms with Crippen molar-refractivity contribution in [3.63, 3.8) is 0 Å². The second-order valence-corrected chi connectivity index (χ2v) is 8.77. The Labute approximate surface area is 188 Å². The topological polar surface area (TPSA) is 82.7 Å².